The molecule has 1 atom stereocenters. The molecule has 1 N–H and O–H groups in total. The highest BCUT2D eigenvalue weighted by atomic mass is 35.5. The first-order chi connectivity index (χ1) is 13.4. The largest absolute Gasteiger partial charge is 0.482 e. The smallest absolute Gasteiger partial charge is 0.261 e. The second-order valence-electron chi connectivity index (χ2n) is 7.04. The fraction of sp³-hybridized carbons (Fsp3) is 0.364. The fourth-order valence-corrected chi connectivity index (χ4v) is 2.79. The van der Waals surface area contributed by atoms with Gasteiger partial charge in [-0.2, -0.15) is 0 Å². The molecule has 0 saturated heterocycles. The first-order valence-electron chi connectivity index (χ1n) is 9.37. The van der Waals surface area contributed by atoms with Gasteiger partial charge in [0.25, 0.3) is 5.91 Å². The monoisotopic (exact) mass is 402 g/mol. The van der Waals surface area contributed by atoms with E-state index in [1.165, 1.54) is 4.90 Å². The van der Waals surface area contributed by atoms with E-state index in [9.17, 15) is 9.59 Å². The van der Waals surface area contributed by atoms with Crippen LogP contribution in [0.25, 0.3) is 0 Å². The third-order valence-corrected chi connectivity index (χ3v) is 4.55. The predicted molar refractivity (Wildman–Crippen MR) is 111 cm³/mol. The van der Waals surface area contributed by atoms with Crippen molar-refractivity contribution in [3.63, 3.8) is 0 Å². The van der Waals surface area contributed by atoms with Crippen LogP contribution in [0.3, 0.4) is 0 Å². The Kier molecular flexibility index (Phi) is 8.33. The number of amides is 2. The summed E-state index contributed by atoms with van der Waals surface area (Å²) in [6, 6.07) is 15.9. The maximum absolute atomic E-state index is 12.9. The Labute approximate surface area is 171 Å². The van der Waals surface area contributed by atoms with Crippen LogP contribution in [0.15, 0.2) is 54.6 Å². The van der Waals surface area contributed by atoms with Gasteiger partial charge in [-0.25, -0.2) is 0 Å². The Balaban J connectivity index is 2.11. The molecule has 2 aromatic carbocycles. The zero-order chi connectivity index (χ0) is 20.5. The number of para-hydroxylation sites is 1. The molecule has 0 unspecified atom stereocenters. The second-order valence-corrected chi connectivity index (χ2v) is 7.45. The Morgan fingerprint density at radius 2 is 1.68 bits per heavy atom. The SMILES string of the molecule is CC(C)CNC(=O)[C@H](C)N(Cc1ccccc1)C(=O)COc1ccccc1Cl. The van der Waals surface area contributed by atoms with Crippen molar-refractivity contribution in [3.05, 3.63) is 65.2 Å². The summed E-state index contributed by atoms with van der Waals surface area (Å²) in [7, 11) is 0. The van der Waals surface area contributed by atoms with Gasteiger partial charge in [0.2, 0.25) is 5.91 Å². The van der Waals surface area contributed by atoms with Crippen LogP contribution in [0, 0.1) is 5.92 Å². The first-order valence-corrected chi connectivity index (χ1v) is 9.74. The molecule has 0 aliphatic rings. The van der Waals surface area contributed by atoms with Gasteiger partial charge in [0.05, 0.1) is 5.02 Å². The van der Waals surface area contributed by atoms with Crippen LogP contribution in [-0.4, -0.2) is 35.9 Å². The summed E-state index contributed by atoms with van der Waals surface area (Å²) in [4.78, 5) is 27.0. The van der Waals surface area contributed by atoms with Crippen LogP contribution in [0.1, 0.15) is 26.3 Å². The van der Waals surface area contributed by atoms with Crippen LogP contribution >= 0.6 is 11.6 Å². The molecule has 0 aromatic heterocycles. The lowest BCUT2D eigenvalue weighted by molar-refractivity contribution is -0.142. The minimum Gasteiger partial charge on any atom is -0.482 e. The number of halogens is 1. The van der Waals surface area contributed by atoms with E-state index in [0.717, 1.165) is 5.56 Å². The van der Waals surface area contributed by atoms with Crippen molar-refractivity contribution in [2.24, 2.45) is 5.92 Å². The fourth-order valence-electron chi connectivity index (χ4n) is 2.60. The van der Waals surface area contributed by atoms with Gasteiger partial charge in [-0.3, -0.25) is 9.59 Å². The molecule has 2 aromatic rings. The van der Waals surface area contributed by atoms with Gasteiger partial charge < -0.3 is 15.0 Å². The molecule has 28 heavy (non-hydrogen) atoms. The van der Waals surface area contributed by atoms with Crippen molar-refractivity contribution < 1.29 is 14.3 Å². The van der Waals surface area contributed by atoms with E-state index in [1.54, 1.807) is 31.2 Å². The van der Waals surface area contributed by atoms with E-state index in [0.29, 0.717) is 29.8 Å². The molecule has 0 radical (unpaired) electrons. The highest BCUT2D eigenvalue weighted by molar-refractivity contribution is 6.32. The lowest BCUT2D eigenvalue weighted by Gasteiger charge is -2.29. The summed E-state index contributed by atoms with van der Waals surface area (Å²) in [5.41, 5.74) is 0.942. The zero-order valence-corrected chi connectivity index (χ0v) is 17.3. The van der Waals surface area contributed by atoms with Crippen molar-refractivity contribution in [1.29, 1.82) is 0 Å². The molecule has 2 amide bonds. The highest BCUT2D eigenvalue weighted by Gasteiger charge is 2.26. The molecule has 0 fully saturated rings. The van der Waals surface area contributed by atoms with Crippen molar-refractivity contribution in [2.45, 2.75) is 33.4 Å². The van der Waals surface area contributed by atoms with E-state index in [1.807, 2.05) is 44.2 Å². The summed E-state index contributed by atoms with van der Waals surface area (Å²) in [5.74, 6) is 0.304. The third-order valence-electron chi connectivity index (χ3n) is 4.24. The molecule has 2 rings (SSSR count). The Bertz CT molecular complexity index is 780. The molecule has 0 aliphatic carbocycles. The number of hydrogen-bond acceptors (Lipinski definition) is 3. The van der Waals surface area contributed by atoms with E-state index in [-0.39, 0.29) is 18.4 Å². The highest BCUT2D eigenvalue weighted by Crippen LogP contribution is 2.23. The quantitative estimate of drug-likeness (QED) is 0.691. The van der Waals surface area contributed by atoms with Crippen LogP contribution in [0.4, 0.5) is 0 Å². The van der Waals surface area contributed by atoms with Gasteiger partial charge >= 0.3 is 0 Å². The summed E-state index contributed by atoms with van der Waals surface area (Å²) in [6.07, 6.45) is 0. The van der Waals surface area contributed by atoms with Gasteiger partial charge in [-0.05, 0) is 30.5 Å². The average Bonchev–Trinajstić information content (AvgIpc) is 2.69. The first kappa shape index (κ1) is 21.8. The lowest BCUT2D eigenvalue weighted by atomic mass is 10.1. The van der Waals surface area contributed by atoms with E-state index in [2.05, 4.69) is 5.32 Å². The van der Waals surface area contributed by atoms with Crippen molar-refractivity contribution >= 4 is 23.4 Å². The number of carbonyl (C=O) groups is 2. The van der Waals surface area contributed by atoms with Gasteiger partial charge in [0, 0.05) is 13.1 Å². The summed E-state index contributed by atoms with van der Waals surface area (Å²) in [5, 5.41) is 3.33. The number of benzene rings is 2. The molecule has 5 nitrogen and oxygen atoms in total. The zero-order valence-electron chi connectivity index (χ0n) is 16.5. The number of nitrogens with zero attached hydrogens (tertiary/aromatic N) is 1. The van der Waals surface area contributed by atoms with Gasteiger partial charge in [-0.1, -0.05) is 67.9 Å². The van der Waals surface area contributed by atoms with Gasteiger partial charge in [0.1, 0.15) is 11.8 Å². The van der Waals surface area contributed by atoms with Crippen LogP contribution in [-0.2, 0) is 16.1 Å². The minimum absolute atomic E-state index is 0.185. The standard InChI is InChI=1S/C22H27ClN2O3/c1-16(2)13-24-22(27)17(3)25(14-18-9-5-4-6-10-18)21(26)15-28-20-12-8-7-11-19(20)23/h4-12,16-17H,13-15H2,1-3H3,(H,24,27)/t17-/m0/s1. The Hall–Kier alpha value is -2.53. The average molecular weight is 403 g/mol. The number of hydrogen-bond donors (Lipinski definition) is 1. The van der Waals surface area contributed by atoms with Crippen molar-refractivity contribution in [2.75, 3.05) is 13.2 Å². The topological polar surface area (TPSA) is 58.6 Å². The number of ether oxygens (including phenoxy) is 1. The molecule has 0 heterocycles. The molecule has 0 spiro atoms. The van der Waals surface area contributed by atoms with Crippen LogP contribution < -0.4 is 10.1 Å². The van der Waals surface area contributed by atoms with Gasteiger partial charge in [0.15, 0.2) is 6.61 Å². The molecular formula is C22H27ClN2O3. The number of carbonyl (C=O) groups excluding carboxylic acids is 2. The predicted octanol–water partition coefficient (Wildman–Crippen LogP) is 3.91. The Morgan fingerprint density at radius 1 is 1.04 bits per heavy atom. The molecular weight excluding hydrogens is 376 g/mol. The van der Waals surface area contributed by atoms with Crippen LogP contribution in [0.2, 0.25) is 5.02 Å². The summed E-state index contributed by atoms with van der Waals surface area (Å²) >= 11 is 6.09. The van der Waals surface area contributed by atoms with E-state index in [4.69, 9.17) is 16.3 Å². The molecule has 6 heteroatoms. The number of rotatable bonds is 9. The second kappa shape index (κ2) is 10.7. The minimum atomic E-state index is -0.624. The lowest BCUT2D eigenvalue weighted by Crippen LogP contribution is -2.49. The number of nitrogens with one attached hydrogen (secondary N) is 1. The third kappa shape index (κ3) is 6.57. The maximum Gasteiger partial charge on any atom is 0.261 e. The molecule has 150 valence electrons. The van der Waals surface area contributed by atoms with E-state index >= 15 is 0 Å². The Morgan fingerprint density at radius 3 is 2.32 bits per heavy atom. The molecule has 0 bridgehead atoms. The normalized spacial score (nSPS) is 11.8. The molecule has 0 saturated carbocycles. The van der Waals surface area contributed by atoms with E-state index < -0.39 is 6.04 Å². The van der Waals surface area contributed by atoms with Crippen molar-refractivity contribution in [3.8, 4) is 5.75 Å². The van der Waals surface area contributed by atoms with Crippen LogP contribution in [0.5, 0.6) is 5.75 Å². The van der Waals surface area contributed by atoms with Crippen molar-refractivity contribution in [1.82, 2.24) is 10.2 Å². The maximum atomic E-state index is 12.9. The van der Waals surface area contributed by atoms with Gasteiger partial charge in [-0.15, -0.1) is 0 Å². The summed E-state index contributed by atoms with van der Waals surface area (Å²) in [6.45, 7) is 6.46. The molecule has 0 aliphatic heterocycles. The summed E-state index contributed by atoms with van der Waals surface area (Å²) < 4.78 is 5.59.